The van der Waals surface area contributed by atoms with Gasteiger partial charge >= 0.3 is 6.11 Å². The lowest BCUT2D eigenvalue weighted by Gasteiger charge is -2.19. The van der Waals surface area contributed by atoms with Gasteiger partial charge in [-0.2, -0.15) is 8.78 Å². The van der Waals surface area contributed by atoms with Crippen LogP contribution in [0.5, 0.6) is 5.75 Å². The largest absolute Gasteiger partial charge is 0.429 e. The molecule has 9 heteroatoms. The molecule has 0 unspecified atom stereocenters. The van der Waals surface area contributed by atoms with E-state index in [1.54, 1.807) is 0 Å². The Labute approximate surface area is 211 Å². The van der Waals surface area contributed by atoms with E-state index in [9.17, 15) is 26.3 Å². The number of alkyl halides is 2. The number of benzene rings is 4. The molecule has 0 amide bonds. The van der Waals surface area contributed by atoms with Gasteiger partial charge in [0, 0.05) is 17.2 Å². The van der Waals surface area contributed by atoms with Crippen molar-refractivity contribution >= 4 is 21.6 Å². The number of aryl methyl sites for hydroxylation is 1. The highest BCUT2D eigenvalue weighted by atomic mass is 32.1. The van der Waals surface area contributed by atoms with Crippen LogP contribution in [0.25, 0.3) is 31.9 Å². The first-order chi connectivity index (χ1) is 17.6. The zero-order valence-electron chi connectivity index (χ0n) is 19.2. The van der Waals surface area contributed by atoms with Crippen LogP contribution in [0.1, 0.15) is 18.1 Å². The molecule has 0 aliphatic carbocycles. The fourth-order valence-electron chi connectivity index (χ4n) is 3.82. The van der Waals surface area contributed by atoms with Crippen molar-refractivity contribution in [1.29, 1.82) is 0 Å². The van der Waals surface area contributed by atoms with Crippen molar-refractivity contribution in [3.8, 4) is 27.4 Å². The van der Waals surface area contributed by atoms with Crippen molar-refractivity contribution in [2.45, 2.75) is 19.5 Å². The van der Waals surface area contributed by atoms with E-state index in [-0.39, 0.29) is 11.1 Å². The summed E-state index contributed by atoms with van der Waals surface area (Å²) in [6, 6.07) is 15.7. The second kappa shape index (κ2) is 9.55. The number of hydrogen-bond donors (Lipinski definition) is 0. The van der Waals surface area contributed by atoms with Crippen LogP contribution in [-0.4, -0.2) is 4.98 Å². The fourth-order valence-corrected chi connectivity index (χ4v) is 4.83. The fraction of sp³-hybridized carbons (Fsp3) is 0.107. The Morgan fingerprint density at radius 2 is 1.49 bits per heavy atom. The Morgan fingerprint density at radius 3 is 2.14 bits per heavy atom. The van der Waals surface area contributed by atoms with Crippen LogP contribution >= 0.6 is 11.3 Å². The lowest BCUT2D eigenvalue weighted by Crippen LogP contribution is -2.21. The molecule has 0 bridgehead atoms. The second-order valence-corrected chi connectivity index (χ2v) is 9.30. The van der Waals surface area contributed by atoms with Crippen molar-refractivity contribution in [3.63, 3.8) is 0 Å². The lowest BCUT2D eigenvalue weighted by molar-refractivity contribution is -0.185. The van der Waals surface area contributed by atoms with Crippen molar-refractivity contribution < 1.29 is 31.1 Å². The molecule has 5 aromatic rings. The molecule has 188 valence electrons. The topological polar surface area (TPSA) is 22.1 Å². The number of hydrogen-bond acceptors (Lipinski definition) is 3. The van der Waals surface area contributed by atoms with Crippen LogP contribution in [-0.2, 0) is 12.5 Å². The summed E-state index contributed by atoms with van der Waals surface area (Å²) in [7, 11) is 0. The molecular formula is C28H17F6NOS. The highest BCUT2D eigenvalue weighted by Gasteiger charge is 2.35. The van der Waals surface area contributed by atoms with Crippen molar-refractivity contribution in [3.05, 3.63) is 107 Å². The average molecular weight is 530 g/mol. The highest BCUT2D eigenvalue weighted by molar-refractivity contribution is 7.21. The number of nitrogens with zero attached hydrogens (tertiary/aromatic N) is 1. The first-order valence-electron chi connectivity index (χ1n) is 11.2. The Bertz CT molecular complexity index is 1590. The highest BCUT2D eigenvalue weighted by Crippen LogP contribution is 2.38. The van der Waals surface area contributed by atoms with E-state index in [1.165, 1.54) is 35.1 Å². The molecule has 0 fully saturated rings. The third-order valence-electron chi connectivity index (χ3n) is 5.82. The van der Waals surface area contributed by atoms with E-state index in [4.69, 9.17) is 4.74 Å². The normalized spacial score (nSPS) is 11.8. The van der Waals surface area contributed by atoms with Crippen LogP contribution in [0.3, 0.4) is 0 Å². The Balaban J connectivity index is 1.40. The third kappa shape index (κ3) is 4.91. The molecule has 4 aromatic carbocycles. The summed E-state index contributed by atoms with van der Waals surface area (Å²) in [4.78, 5) is 4.52. The molecule has 0 spiro atoms. The lowest BCUT2D eigenvalue weighted by atomic mass is 10.0. The number of halogens is 6. The van der Waals surface area contributed by atoms with Gasteiger partial charge in [0.15, 0.2) is 17.5 Å². The van der Waals surface area contributed by atoms with Gasteiger partial charge in [0.05, 0.1) is 15.8 Å². The van der Waals surface area contributed by atoms with Gasteiger partial charge in [0.25, 0.3) is 0 Å². The van der Waals surface area contributed by atoms with Crippen LogP contribution < -0.4 is 4.74 Å². The van der Waals surface area contributed by atoms with E-state index in [0.717, 1.165) is 24.1 Å². The molecule has 1 heterocycles. The first-order valence-corrected chi connectivity index (χ1v) is 12.0. The third-order valence-corrected chi connectivity index (χ3v) is 6.88. The number of thiazole rings is 1. The molecule has 37 heavy (non-hydrogen) atoms. The number of fused-ring (bicyclic) bond motifs is 1. The van der Waals surface area contributed by atoms with Gasteiger partial charge in [-0.25, -0.2) is 22.5 Å². The molecule has 0 radical (unpaired) electrons. The van der Waals surface area contributed by atoms with Gasteiger partial charge in [-0.05, 0) is 60.0 Å². The van der Waals surface area contributed by atoms with Gasteiger partial charge in [-0.1, -0.05) is 31.2 Å². The molecule has 5 rings (SSSR count). The first kappa shape index (κ1) is 24.8. The van der Waals surface area contributed by atoms with Crippen LogP contribution in [0, 0.1) is 23.3 Å². The number of aromatic nitrogens is 1. The molecule has 1 aromatic heterocycles. The minimum absolute atomic E-state index is 0.289. The molecule has 0 N–H and O–H groups in total. The van der Waals surface area contributed by atoms with Crippen molar-refractivity contribution in [2.75, 3.05) is 0 Å². The summed E-state index contributed by atoms with van der Waals surface area (Å²) < 4.78 is 90.2. The smallest absolute Gasteiger partial charge is 0.426 e. The minimum Gasteiger partial charge on any atom is -0.429 e. The van der Waals surface area contributed by atoms with E-state index in [1.807, 2.05) is 31.2 Å². The summed E-state index contributed by atoms with van der Waals surface area (Å²) >= 11 is 1.26. The number of ether oxygens (including phenoxy) is 1. The Kier molecular flexibility index (Phi) is 6.41. The second-order valence-electron chi connectivity index (χ2n) is 8.27. The molecule has 0 aliphatic heterocycles. The van der Waals surface area contributed by atoms with E-state index < -0.39 is 40.7 Å². The summed E-state index contributed by atoms with van der Waals surface area (Å²) in [6.45, 7) is 2.05. The maximum Gasteiger partial charge on any atom is 0.426 e. The van der Waals surface area contributed by atoms with E-state index >= 15 is 0 Å². The molecule has 0 saturated heterocycles. The van der Waals surface area contributed by atoms with Crippen LogP contribution in [0.15, 0.2) is 72.8 Å². The summed E-state index contributed by atoms with van der Waals surface area (Å²) in [5.41, 5.74) is 1.55. The van der Waals surface area contributed by atoms with Crippen molar-refractivity contribution in [2.24, 2.45) is 0 Å². The average Bonchev–Trinajstić information content (AvgIpc) is 3.30. The van der Waals surface area contributed by atoms with Crippen molar-refractivity contribution in [1.82, 2.24) is 4.98 Å². The van der Waals surface area contributed by atoms with Gasteiger partial charge in [-0.3, -0.25) is 0 Å². The zero-order valence-corrected chi connectivity index (χ0v) is 20.0. The van der Waals surface area contributed by atoms with E-state index in [0.29, 0.717) is 33.4 Å². The summed E-state index contributed by atoms with van der Waals surface area (Å²) in [6.07, 6.45) is -2.92. The van der Waals surface area contributed by atoms with Crippen LogP contribution in [0.4, 0.5) is 26.3 Å². The Morgan fingerprint density at radius 1 is 0.784 bits per heavy atom. The quantitative estimate of drug-likeness (QED) is 0.162. The maximum absolute atomic E-state index is 15.0. The van der Waals surface area contributed by atoms with Gasteiger partial charge in [0.2, 0.25) is 0 Å². The zero-order chi connectivity index (χ0) is 26.3. The van der Waals surface area contributed by atoms with Gasteiger partial charge in [-0.15, -0.1) is 11.3 Å². The maximum atomic E-state index is 15.0. The SMILES string of the molecule is CCc1ccc(-c2nc3ccc(C(F)(F)Oc4ccc(-c5cc(F)c(F)c(F)c5)c(F)c4)cc3s2)cc1. The predicted octanol–water partition coefficient (Wildman–Crippen LogP) is 8.88. The summed E-state index contributed by atoms with van der Waals surface area (Å²) in [5.74, 6) is -6.27. The number of rotatable bonds is 6. The van der Waals surface area contributed by atoms with Gasteiger partial charge in [0.1, 0.15) is 16.6 Å². The molecular weight excluding hydrogens is 512 g/mol. The van der Waals surface area contributed by atoms with Gasteiger partial charge < -0.3 is 4.74 Å². The van der Waals surface area contributed by atoms with Crippen LogP contribution in [0.2, 0.25) is 0 Å². The molecule has 0 atom stereocenters. The predicted molar refractivity (Wildman–Crippen MR) is 131 cm³/mol. The monoisotopic (exact) mass is 529 g/mol. The molecule has 0 saturated carbocycles. The molecule has 2 nitrogen and oxygen atoms in total. The van der Waals surface area contributed by atoms with E-state index in [2.05, 4.69) is 4.98 Å². The molecule has 0 aliphatic rings. The standard InChI is InChI=1S/C28H17F6NOS/c1-2-15-3-5-16(6-4-15)27-35-24-10-7-18(13-25(24)37-27)28(33,34)36-19-8-9-20(21(29)14-19)17-11-22(30)26(32)23(31)12-17/h3-14H,2H2,1H3. The Hall–Kier alpha value is -3.85. The minimum atomic E-state index is -3.82. The summed E-state index contributed by atoms with van der Waals surface area (Å²) in [5, 5.41) is 0.686.